The van der Waals surface area contributed by atoms with Gasteiger partial charge in [0, 0.05) is 5.56 Å². The molecule has 0 fully saturated rings. The Labute approximate surface area is 170 Å². The second kappa shape index (κ2) is 8.99. The first kappa shape index (κ1) is 20.7. The minimum Gasteiger partial charge on any atom is -0.493 e. The molecule has 0 aliphatic heterocycles. The molecule has 0 saturated carbocycles. The van der Waals surface area contributed by atoms with Gasteiger partial charge in [-0.1, -0.05) is 0 Å². The number of rotatable bonds is 7. The van der Waals surface area contributed by atoms with E-state index < -0.39 is 17.7 Å². The van der Waals surface area contributed by atoms with Crippen molar-refractivity contribution in [2.75, 3.05) is 26.1 Å². The standard InChI is InChI=1S/C19H18FN5O5/c1-11-22-23-24-25(11)13-5-6-14(20)15(9-13)21-19(27)12-4-7-16(17(8-12)28-2)30-10-18(26)29-3/h4-9H,10H2,1-3H3,(H,21,27). The van der Waals surface area contributed by atoms with Gasteiger partial charge in [0.1, 0.15) is 5.82 Å². The van der Waals surface area contributed by atoms with Gasteiger partial charge in [-0.2, -0.15) is 4.68 Å². The molecule has 1 aromatic heterocycles. The fourth-order valence-electron chi connectivity index (χ4n) is 2.53. The van der Waals surface area contributed by atoms with Crippen LogP contribution in [0.3, 0.4) is 0 Å². The zero-order valence-electron chi connectivity index (χ0n) is 16.4. The number of aryl methyl sites for hydroxylation is 1. The van der Waals surface area contributed by atoms with Gasteiger partial charge in [0.05, 0.1) is 25.6 Å². The molecular weight excluding hydrogens is 397 g/mol. The zero-order chi connectivity index (χ0) is 21.7. The van der Waals surface area contributed by atoms with Crippen molar-refractivity contribution in [1.29, 1.82) is 0 Å². The molecule has 2 aromatic carbocycles. The van der Waals surface area contributed by atoms with Crippen molar-refractivity contribution >= 4 is 17.6 Å². The molecule has 0 bridgehead atoms. The summed E-state index contributed by atoms with van der Waals surface area (Å²) in [6.07, 6.45) is 0. The Hall–Kier alpha value is -4.02. The topological polar surface area (TPSA) is 117 Å². The Kier molecular flexibility index (Phi) is 6.20. The number of nitrogens with one attached hydrogen (secondary N) is 1. The second-order valence-corrected chi connectivity index (χ2v) is 5.99. The van der Waals surface area contributed by atoms with Crippen molar-refractivity contribution in [3.8, 4) is 17.2 Å². The molecule has 1 heterocycles. The summed E-state index contributed by atoms with van der Waals surface area (Å²) >= 11 is 0. The van der Waals surface area contributed by atoms with Gasteiger partial charge in [-0.05, 0) is 53.7 Å². The number of aromatic nitrogens is 4. The summed E-state index contributed by atoms with van der Waals surface area (Å²) in [5.74, 6) is -0.773. The first-order valence-corrected chi connectivity index (χ1v) is 8.67. The molecule has 0 unspecified atom stereocenters. The minimum absolute atomic E-state index is 0.0441. The number of benzene rings is 2. The Balaban J connectivity index is 1.80. The van der Waals surface area contributed by atoms with Crippen molar-refractivity contribution in [2.45, 2.75) is 6.92 Å². The molecular formula is C19H18FN5O5. The third kappa shape index (κ3) is 4.51. The molecule has 0 saturated heterocycles. The minimum atomic E-state index is -0.622. The van der Waals surface area contributed by atoms with Crippen LogP contribution in [0.15, 0.2) is 36.4 Å². The van der Waals surface area contributed by atoms with Gasteiger partial charge >= 0.3 is 5.97 Å². The Bertz CT molecular complexity index is 1080. The number of carbonyl (C=O) groups is 2. The smallest absolute Gasteiger partial charge is 0.343 e. The number of carbonyl (C=O) groups excluding carboxylic acids is 2. The normalized spacial score (nSPS) is 10.4. The predicted octanol–water partition coefficient (Wildman–Crippen LogP) is 1.92. The van der Waals surface area contributed by atoms with Crippen LogP contribution in [-0.4, -0.2) is 52.9 Å². The van der Waals surface area contributed by atoms with E-state index in [0.717, 1.165) is 0 Å². The lowest BCUT2D eigenvalue weighted by Crippen LogP contribution is -2.15. The summed E-state index contributed by atoms with van der Waals surface area (Å²) in [5.41, 5.74) is 0.636. The van der Waals surface area contributed by atoms with Gasteiger partial charge in [0.2, 0.25) is 0 Å². The molecule has 0 radical (unpaired) electrons. The number of hydrogen-bond donors (Lipinski definition) is 1. The summed E-state index contributed by atoms with van der Waals surface area (Å²) < 4.78 is 30.7. The first-order valence-electron chi connectivity index (χ1n) is 8.67. The molecule has 0 atom stereocenters. The first-order chi connectivity index (χ1) is 14.4. The molecule has 0 aliphatic rings. The zero-order valence-corrected chi connectivity index (χ0v) is 16.4. The van der Waals surface area contributed by atoms with Crippen LogP contribution in [0.25, 0.3) is 5.69 Å². The maximum atomic E-state index is 14.2. The van der Waals surface area contributed by atoms with Crippen LogP contribution in [0, 0.1) is 12.7 Å². The van der Waals surface area contributed by atoms with Crippen molar-refractivity contribution in [3.63, 3.8) is 0 Å². The summed E-state index contributed by atoms with van der Waals surface area (Å²) in [6, 6.07) is 8.45. The van der Waals surface area contributed by atoms with Crippen LogP contribution >= 0.6 is 0 Å². The molecule has 10 nitrogen and oxygen atoms in total. The van der Waals surface area contributed by atoms with E-state index in [1.165, 1.54) is 55.3 Å². The lowest BCUT2D eigenvalue weighted by atomic mass is 10.1. The number of nitrogens with zero attached hydrogens (tertiary/aromatic N) is 4. The van der Waals surface area contributed by atoms with Crippen LogP contribution in [0.2, 0.25) is 0 Å². The highest BCUT2D eigenvalue weighted by atomic mass is 19.1. The van der Waals surface area contributed by atoms with Crippen LogP contribution in [-0.2, 0) is 9.53 Å². The lowest BCUT2D eigenvalue weighted by Gasteiger charge is -2.12. The number of halogens is 1. The van der Waals surface area contributed by atoms with Crippen molar-refractivity contribution in [3.05, 3.63) is 53.6 Å². The maximum Gasteiger partial charge on any atom is 0.343 e. The monoisotopic (exact) mass is 415 g/mol. The quantitative estimate of drug-likeness (QED) is 0.582. The van der Waals surface area contributed by atoms with Gasteiger partial charge in [0.15, 0.2) is 23.9 Å². The Morgan fingerprint density at radius 2 is 1.93 bits per heavy atom. The van der Waals surface area contributed by atoms with E-state index >= 15 is 0 Å². The molecule has 0 spiro atoms. The Morgan fingerprint density at radius 3 is 2.60 bits per heavy atom. The highest BCUT2D eigenvalue weighted by Crippen LogP contribution is 2.29. The second-order valence-electron chi connectivity index (χ2n) is 5.99. The molecule has 11 heteroatoms. The molecule has 3 aromatic rings. The van der Waals surface area contributed by atoms with Gasteiger partial charge in [-0.3, -0.25) is 4.79 Å². The van der Waals surface area contributed by atoms with E-state index in [1.54, 1.807) is 6.92 Å². The predicted molar refractivity (Wildman–Crippen MR) is 102 cm³/mol. The van der Waals surface area contributed by atoms with Crippen LogP contribution in [0.1, 0.15) is 16.2 Å². The highest BCUT2D eigenvalue weighted by molar-refractivity contribution is 6.04. The van der Waals surface area contributed by atoms with E-state index in [1.807, 2.05) is 0 Å². The molecule has 1 N–H and O–H groups in total. The van der Waals surface area contributed by atoms with Crippen molar-refractivity contribution in [2.24, 2.45) is 0 Å². The van der Waals surface area contributed by atoms with Crippen LogP contribution < -0.4 is 14.8 Å². The number of ether oxygens (including phenoxy) is 3. The van der Waals surface area contributed by atoms with Crippen LogP contribution in [0.5, 0.6) is 11.5 Å². The van der Waals surface area contributed by atoms with Crippen molar-refractivity contribution in [1.82, 2.24) is 20.2 Å². The molecule has 30 heavy (non-hydrogen) atoms. The number of anilines is 1. The average Bonchev–Trinajstić information content (AvgIpc) is 3.19. The number of hydrogen-bond acceptors (Lipinski definition) is 8. The number of esters is 1. The molecule has 0 aliphatic carbocycles. The van der Waals surface area contributed by atoms with Gasteiger partial charge in [-0.25, -0.2) is 9.18 Å². The van der Waals surface area contributed by atoms with E-state index in [9.17, 15) is 14.0 Å². The maximum absolute atomic E-state index is 14.2. The summed E-state index contributed by atoms with van der Waals surface area (Å²) in [7, 11) is 2.63. The molecule has 1 amide bonds. The van der Waals surface area contributed by atoms with Gasteiger partial charge in [-0.15, -0.1) is 5.10 Å². The lowest BCUT2D eigenvalue weighted by molar-refractivity contribution is -0.142. The summed E-state index contributed by atoms with van der Waals surface area (Å²) in [5, 5.41) is 13.7. The SMILES string of the molecule is COC(=O)COc1ccc(C(=O)Nc2cc(-n3nnnc3C)ccc2F)cc1OC. The van der Waals surface area contributed by atoms with Gasteiger partial charge in [0.25, 0.3) is 5.91 Å². The fourth-order valence-corrected chi connectivity index (χ4v) is 2.53. The third-order valence-corrected chi connectivity index (χ3v) is 4.07. The van der Waals surface area contributed by atoms with E-state index in [2.05, 4.69) is 25.6 Å². The summed E-state index contributed by atoms with van der Waals surface area (Å²) in [6.45, 7) is 1.38. The van der Waals surface area contributed by atoms with E-state index in [4.69, 9.17) is 9.47 Å². The third-order valence-electron chi connectivity index (χ3n) is 4.07. The van der Waals surface area contributed by atoms with Crippen LogP contribution in [0.4, 0.5) is 10.1 Å². The average molecular weight is 415 g/mol. The van der Waals surface area contributed by atoms with Gasteiger partial charge < -0.3 is 19.5 Å². The molecule has 156 valence electrons. The fraction of sp³-hybridized carbons (Fsp3) is 0.211. The largest absolute Gasteiger partial charge is 0.493 e. The number of methoxy groups -OCH3 is 2. The van der Waals surface area contributed by atoms with E-state index in [0.29, 0.717) is 11.5 Å². The summed E-state index contributed by atoms with van der Waals surface area (Å²) in [4.78, 5) is 23.9. The Morgan fingerprint density at radius 1 is 1.13 bits per heavy atom. The van der Waals surface area contributed by atoms with E-state index in [-0.39, 0.29) is 29.4 Å². The van der Waals surface area contributed by atoms with Crippen molar-refractivity contribution < 1.29 is 28.2 Å². The highest BCUT2D eigenvalue weighted by Gasteiger charge is 2.15. The number of amides is 1. The molecule has 3 rings (SSSR count). The number of tetrazole rings is 1.